The molecule has 1 saturated heterocycles. The minimum Gasteiger partial charge on any atom is -0.480 e. The fourth-order valence-corrected chi connectivity index (χ4v) is 4.35. The van der Waals surface area contributed by atoms with Crippen molar-refractivity contribution in [3.05, 3.63) is 59.7 Å². The molecule has 2 amide bonds. The number of benzene rings is 2. The Morgan fingerprint density at radius 1 is 1.09 bits per heavy atom. The van der Waals surface area contributed by atoms with Gasteiger partial charge in [-0.05, 0) is 35.6 Å². The van der Waals surface area contributed by atoms with Crippen molar-refractivity contribution in [2.75, 3.05) is 19.8 Å². The van der Waals surface area contributed by atoms with Crippen molar-refractivity contribution in [3.8, 4) is 11.1 Å². The lowest BCUT2D eigenvalue weighted by Gasteiger charge is -2.20. The Balaban J connectivity index is 1.31. The molecule has 1 aliphatic heterocycles. The number of hydrogen-bond acceptors (Lipinski definition) is 5. The largest absolute Gasteiger partial charge is 0.480 e. The van der Waals surface area contributed by atoms with Crippen molar-refractivity contribution in [1.29, 1.82) is 0 Å². The van der Waals surface area contributed by atoms with Crippen LogP contribution in [0.25, 0.3) is 11.1 Å². The van der Waals surface area contributed by atoms with E-state index in [2.05, 4.69) is 34.9 Å². The summed E-state index contributed by atoms with van der Waals surface area (Å²) in [4.78, 5) is 35.6. The van der Waals surface area contributed by atoms with Gasteiger partial charge in [-0.25, -0.2) is 4.79 Å². The monoisotopic (exact) mass is 438 g/mol. The van der Waals surface area contributed by atoms with Crippen LogP contribution in [0.5, 0.6) is 0 Å². The lowest BCUT2D eigenvalue weighted by Crippen LogP contribution is -2.47. The standard InChI is InChI=1S/C24H26N2O6/c1-14(23(28)29)26-22(27)21-15(10-11-31-21)12-25-24(30)32-13-20-18-8-4-2-6-16(18)17-7-3-5-9-19(17)20/h2-9,14-15,20-21H,10-13H2,1H3,(H,25,30)(H,26,27)(H,28,29)/t14?,15-,21-/m1/s1. The molecule has 1 heterocycles. The van der Waals surface area contributed by atoms with E-state index in [1.54, 1.807) is 0 Å². The highest BCUT2D eigenvalue weighted by molar-refractivity contribution is 5.86. The van der Waals surface area contributed by atoms with Crippen LogP contribution in [0.2, 0.25) is 0 Å². The summed E-state index contributed by atoms with van der Waals surface area (Å²) in [7, 11) is 0. The molecule has 0 aromatic heterocycles. The molecule has 2 aromatic rings. The summed E-state index contributed by atoms with van der Waals surface area (Å²) in [5, 5.41) is 14.1. The highest BCUT2D eigenvalue weighted by atomic mass is 16.5. The van der Waals surface area contributed by atoms with Crippen LogP contribution < -0.4 is 10.6 Å². The van der Waals surface area contributed by atoms with E-state index in [9.17, 15) is 14.4 Å². The summed E-state index contributed by atoms with van der Waals surface area (Å²) in [5.74, 6) is -1.89. The van der Waals surface area contributed by atoms with E-state index in [4.69, 9.17) is 14.6 Å². The first-order valence-corrected chi connectivity index (χ1v) is 10.7. The van der Waals surface area contributed by atoms with E-state index in [1.807, 2.05) is 24.3 Å². The number of alkyl carbamates (subject to hydrolysis) is 1. The molecule has 8 nitrogen and oxygen atoms in total. The Kier molecular flexibility index (Phi) is 6.41. The summed E-state index contributed by atoms with van der Waals surface area (Å²) >= 11 is 0. The van der Waals surface area contributed by atoms with Gasteiger partial charge in [0.15, 0.2) is 0 Å². The molecule has 1 aliphatic carbocycles. The molecule has 0 spiro atoms. The van der Waals surface area contributed by atoms with Crippen LogP contribution in [-0.4, -0.2) is 55.0 Å². The first-order valence-electron chi connectivity index (χ1n) is 10.7. The summed E-state index contributed by atoms with van der Waals surface area (Å²) < 4.78 is 11.0. The fourth-order valence-electron chi connectivity index (χ4n) is 4.35. The summed E-state index contributed by atoms with van der Waals surface area (Å²) in [6.07, 6.45) is -0.772. The Morgan fingerprint density at radius 3 is 2.34 bits per heavy atom. The molecule has 0 bridgehead atoms. The van der Waals surface area contributed by atoms with Gasteiger partial charge in [-0.3, -0.25) is 9.59 Å². The third kappa shape index (κ3) is 4.45. The van der Waals surface area contributed by atoms with Crippen molar-refractivity contribution in [1.82, 2.24) is 10.6 Å². The maximum Gasteiger partial charge on any atom is 0.407 e. The summed E-state index contributed by atoms with van der Waals surface area (Å²) in [6.45, 7) is 2.17. The number of nitrogens with one attached hydrogen (secondary N) is 2. The lowest BCUT2D eigenvalue weighted by atomic mass is 9.98. The Morgan fingerprint density at radius 2 is 1.72 bits per heavy atom. The highest BCUT2D eigenvalue weighted by Gasteiger charge is 2.36. The highest BCUT2D eigenvalue weighted by Crippen LogP contribution is 2.44. The predicted molar refractivity (Wildman–Crippen MR) is 116 cm³/mol. The number of rotatable bonds is 7. The van der Waals surface area contributed by atoms with Gasteiger partial charge in [-0.15, -0.1) is 0 Å². The topological polar surface area (TPSA) is 114 Å². The van der Waals surface area contributed by atoms with Gasteiger partial charge < -0.3 is 25.2 Å². The maximum absolute atomic E-state index is 12.4. The van der Waals surface area contributed by atoms with Crippen LogP contribution in [-0.2, 0) is 19.1 Å². The molecular formula is C24H26N2O6. The Labute approximate surface area is 185 Å². The lowest BCUT2D eigenvalue weighted by molar-refractivity contribution is -0.143. The molecule has 1 fully saturated rings. The third-order valence-electron chi connectivity index (χ3n) is 6.05. The second kappa shape index (κ2) is 9.40. The minimum atomic E-state index is -1.12. The molecule has 8 heteroatoms. The second-order valence-corrected chi connectivity index (χ2v) is 8.12. The Hall–Kier alpha value is -3.39. The number of hydrogen-bond donors (Lipinski definition) is 3. The van der Waals surface area contributed by atoms with Gasteiger partial charge in [0.2, 0.25) is 5.91 Å². The first-order chi connectivity index (χ1) is 15.5. The smallest absolute Gasteiger partial charge is 0.407 e. The number of carboxylic acids is 1. The molecule has 3 atom stereocenters. The van der Waals surface area contributed by atoms with Crippen molar-refractivity contribution < 1.29 is 29.0 Å². The van der Waals surface area contributed by atoms with Gasteiger partial charge in [-0.2, -0.15) is 0 Å². The molecule has 32 heavy (non-hydrogen) atoms. The molecule has 0 saturated carbocycles. The molecule has 4 rings (SSSR count). The molecular weight excluding hydrogens is 412 g/mol. The first kappa shape index (κ1) is 21.8. The van der Waals surface area contributed by atoms with Gasteiger partial charge in [0.05, 0.1) is 0 Å². The van der Waals surface area contributed by atoms with E-state index < -0.39 is 30.1 Å². The quantitative estimate of drug-likeness (QED) is 0.612. The number of carbonyl (C=O) groups excluding carboxylic acids is 2. The molecule has 2 aliphatic rings. The number of amides is 2. The number of fused-ring (bicyclic) bond motifs is 3. The number of carboxylic acid groups (broad SMARTS) is 1. The second-order valence-electron chi connectivity index (χ2n) is 8.12. The van der Waals surface area contributed by atoms with E-state index in [0.717, 1.165) is 22.3 Å². The van der Waals surface area contributed by atoms with Gasteiger partial charge >= 0.3 is 12.1 Å². The van der Waals surface area contributed by atoms with Crippen LogP contribution in [0.3, 0.4) is 0 Å². The average Bonchev–Trinajstić information content (AvgIpc) is 3.39. The predicted octanol–water partition coefficient (Wildman–Crippen LogP) is 2.52. The number of carbonyl (C=O) groups is 3. The van der Waals surface area contributed by atoms with Crippen LogP contribution in [0, 0.1) is 5.92 Å². The van der Waals surface area contributed by atoms with Gasteiger partial charge in [-0.1, -0.05) is 48.5 Å². The molecule has 168 valence electrons. The molecule has 3 N–H and O–H groups in total. The SMILES string of the molecule is CC(NC(=O)[C@@H]1OCC[C@@H]1CNC(=O)OCC1c2ccccc2-c2ccccc21)C(=O)O. The molecule has 0 radical (unpaired) electrons. The fraction of sp³-hybridized carbons (Fsp3) is 0.375. The van der Waals surface area contributed by atoms with E-state index >= 15 is 0 Å². The van der Waals surface area contributed by atoms with Gasteiger partial charge in [0.25, 0.3) is 0 Å². The van der Waals surface area contributed by atoms with Gasteiger partial charge in [0.1, 0.15) is 18.8 Å². The normalized spacial score (nSPS) is 20.2. The van der Waals surface area contributed by atoms with E-state index in [0.29, 0.717) is 13.0 Å². The van der Waals surface area contributed by atoms with E-state index in [1.165, 1.54) is 6.92 Å². The Bertz CT molecular complexity index is 978. The van der Waals surface area contributed by atoms with Crippen molar-refractivity contribution >= 4 is 18.0 Å². The van der Waals surface area contributed by atoms with Crippen molar-refractivity contribution in [3.63, 3.8) is 0 Å². The minimum absolute atomic E-state index is 0.0287. The summed E-state index contributed by atoms with van der Waals surface area (Å²) in [6, 6.07) is 15.2. The van der Waals surface area contributed by atoms with Crippen LogP contribution in [0.15, 0.2) is 48.5 Å². The number of ether oxygens (including phenoxy) is 2. The zero-order chi connectivity index (χ0) is 22.7. The maximum atomic E-state index is 12.4. The molecule has 2 aromatic carbocycles. The van der Waals surface area contributed by atoms with Gasteiger partial charge in [0, 0.05) is 25.0 Å². The average molecular weight is 438 g/mol. The summed E-state index contributed by atoms with van der Waals surface area (Å²) in [5.41, 5.74) is 4.58. The van der Waals surface area contributed by atoms with Crippen LogP contribution in [0.1, 0.15) is 30.4 Å². The van der Waals surface area contributed by atoms with Crippen LogP contribution in [0.4, 0.5) is 4.79 Å². The zero-order valence-corrected chi connectivity index (χ0v) is 17.7. The molecule has 1 unspecified atom stereocenters. The number of aliphatic carboxylic acids is 1. The third-order valence-corrected chi connectivity index (χ3v) is 6.05. The van der Waals surface area contributed by atoms with E-state index in [-0.39, 0.29) is 25.0 Å². The zero-order valence-electron chi connectivity index (χ0n) is 17.7. The van der Waals surface area contributed by atoms with Crippen molar-refractivity contribution in [2.24, 2.45) is 5.92 Å². The van der Waals surface area contributed by atoms with Crippen LogP contribution >= 0.6 is 0 Å². The van der Waals surface area contributed by atoms with Crippen molar-refractivity contribution in [2.45, 2.75) is 31.4 Å².